The molecule has 12 heteroatoms. The number of benzene rings is 1. The second-order valence-electron chi connectivity index (χ2n) is 7.22. The number of nitrogens with two attached hydrogens (primary N) is 1. The van der Waals surface area contributed by atoms with E-state index in [2.05, 4.69) is 19.8 Å². The van der Waals surface area contributed by atoms with Gasteiger partial charge in [0.05, 0.1) is 25.6 Å². The van der Waals surface area contributed by atoms with E-state index in [-0.39, 0.29) is 22.0 Å². The number of rotatable bonds is 5. The van der Waals surface area contributed by atoms with Gasteiger partial charge in [-0.05, 0) is 30.2 Å². The molecule has 0 spiro atoms. The Kier molecular flexibility index (Phi) is 6.29. The van der Waals surface area contributed by atoms with Crippen LogP contribution >= 0.6 is 0 Å². The first-order valence-corrected chi connectivity index (χ1v) is 11.8. The van der Waals surface area contributed by atoms with Gasteiger partial charge in [0.1, 0.15) is 10.7 Å². The third kappa shape index (κ3) is 4.52. The minimum atomic E-state index is -3.66. The van der Waals surface area contributed by atoms with E-state index in [0.717, 1.165) is 6.42 Å². The molecule has 1 aliphatic heterocycles. The van der Waals surface area contributed by atoms with Gasteiger partial charge in [-0.15, -0.1) is 4.36 Å². The number of nitrogens with one attached hydrogen (secondary N) is 1. The molecule has 0 fully saturated rings. The van der Waals surface area contributed by atoms with E-state index in [4.69, 9.17) is 14.6 Å². The molecular weight excluding hydrogens is 451 g/mol. The molecular formula is C21H23FN6O4S. The zero-order valence-electron chi connectivity index (χ0n) is 18.1. The van der Waals surface area contributed by atoms with Gasteiger partial charge in [0.2, 0.25) is 11.8 Å². The number of urea groups is 1. The first-order valence-electron chi connectivity index (χ1n) is 10.2. The highest BCUT2D eigenvalue weighted by Gasteiger charge is 2.24. The van der Waals surface area contributed by atoms with E-state index < -0.39 is 21.8 Å². The summed E-state index contributed by atoms with van der Waals surface area (Å²) in [6, 6.07) is 5.21. The van der Waals surface area contributed by atoms with E-state index in [1.54, 1.807) is 19.1 Å². The van der Waals surface area contributed by atoms with Gasteiger partial charge in [-0.25, -0.2) is 28.2 Å². The first-order chi connectivity index (χ1) is 15.8. The third-order valence-electron chi connectivity index (χ3n) is 5.14. The van der Waals surface area contributed by atoms with E-state index in [0.29, 0.717) is 36.6 Å². The normalized spacial score (nSPS) is 14.5. The van der Waals surface area contributed by atoms with Crippen molar-refractivity contribution in [3.05, 3.63) is 48.0 Å². The fourth-order valence-corrected chi connectivity index (χ4v) is 4.59. The Morgan fingerprint density at radius 1 is 1.42 bits per heavy atom. The second-order valence-corrected chi connectivity index (χ2v) is 8.98. The van der Waals surface area contributed by atoms with Crippen molar-refractivity contribution in [3.63, 3.8) is 0 Å². The molecule has 0 saturated carbocycles. The molecule has 2 aromatic heterocycles. The molecule has 1 aromatic carbocycles. The summed E-state index contributed by atoms with van der Waals surface area (Å²) >= 11 is 0. The van der Waals surface area contributed by atoms with Gasteiger partial charge in [0.25, 0.3) is 0 Å². The number of aromatic nitrogens is 3. The van der Waals surface area contributed by atoms with Crippen LogP contribution in [0.4, 0.5) is 14.9 Å². The lowest BCUT2D eigenvalue weighted by Crippen LogP contribution is -2.21. The summed E-state index contributed by atoms with van der Waals surface area (Å²) in [5.41, 5.74) is 1.62. The van der Waals surface area contributed by atoms with Crippen LogP contribution in [0.1, 0.15) is 18.9 Å². The number of carbonyl (C=O) groups is 1. The summed E-state index contributed by atoms with van der Waals surface area (Å²) in [5.74, 6) is 0.0906. The summed E-state index contributed by atoms with van der Waals surface area (Å²) in [7, 11) is -2.19. The van der Waals surface area contributed by atoms with Crippen molar-refractivity contribution in [2.75, 3.05) is 19.0 Å². The van der Waals surface area contributed by atoms with E-state index >= 15 is 0 Å². The van der Waals surface area contributed by atoms with Crippen LogP contribution in [0.15, 0.2) is 45.9 Å². The number of aryl methyl sites for hydroxylation is 1. The van der Waals surface area contributed by atoms with Gasteiger partial charge in [0.15, 0.2) is 9.92 Å². The van der Waals surface area contributed by atoms with Crippen LogP contribution in [-0.2, 0) is 22.9 Å². The van der Waals surface area contributed by atoms with Crippen molar-refractivity contribution in [1.29, 1.82) is 0 Å². The van der Waals surface area contributed by atoms with Crippen LogP contribution in [0.2, 0.25) is 0 Å². The molecule has 0 aliphatic carbocycles. The average molecular weight is 475 g/mol. The molecule has 4 rings (SSSR count). The fraction of sp³-hybridized carbons (Fsp3) is 0.286. The maximum Gasteiger partial charge on any atom is 0.354 e. The van der Waals surface area contributed by atoms with Gasteiger partial charge < -0.3 is 14.8 Å². The number of carbonyl (C=O) groups excluding carboxylic acids is 1. The van der Waals surface area contributed by atoms with Crippen LogP contribution in [-0.4, -0.2) is 38.7 Å². The predicted octanol–water partition coefficient (Wildman–Crippen LogP) is 3.37. The van der Waals surface area contributed by atoms with Crippen molar-refractivity contribution >= 4 is 21.6 Å². The molecule has 0 saturated heterocycles. The number of amides is 2. The Morgan fingerprint density at radius 2 is 2.24 bits per heavy atom. The topological polar surface area (TPSA) is 134 Å². The number of fused-ring (bicyclic) bond motifs is 1. The summed E-state index contributed by atoms with van der Waals surface area (Å²) < 4.78 is 43.6. The molecule has 10 nitrogen and oxygen atoms in total. The smallest absolute Gasteiger partial charge is 0.354 e. The first kappa shape index (κ1) is 22.7. The number of pyridine rings is 1. The van der Waals surface area contributed by atoms with Crippen molar-refractivity contribution < 1.29 is 22.9 Å². The van der Waals surface area contributed by atoms with Crippen LogP contribution in [0.3, 0.4) is 0 Å². The molecule has 0 bridgehead atoms. The number of nitrogens with zero attached hydrogens (tertiary/aromatic N) is 4. The summed E-state index contributed by atoms with van der Waals surface area (Å²) in [4.78, 5) is 16.9. The largest absolute Gasteiger partial charge is 0.481 e. The third-order valence-corrected chi connectivity index (χ3v) is 6.49. The molecule has 3 aromatic rings. The molecule has 0 radical (unpaired) electrons. The Balaban J connectivity index is 1.74. The minimum absolute atomic E-state index is 0.0337. The van der Waals surface area contributed by atoms with Gasteiger partial charge in [-0.3, -0.25) is 0 Å². The fourth-order valence-electron chi connectivity index (χ4n) is 3.59. The second kappa shape index (κ2) is 9.16. The predicted molar refractivity (Wildman–Crippen MR) is 120 cm³/mol. The van der Waals surface area contributed by atoms with Crippen LogP contribution in [0, 0.1) is 5.82 Å². The number of ether oxygens (including phenoxy) is 2. The number of hydrogen-bond donors (Lipinski definition) is 2. The number of hydrogen-bond acceptors (Lipinski definition) is 6. The molecule has 33 heavy (non-hydrogen) atoms. The quantitative estimate of drug-likeness (QED) is 0.582. The zero-order chi connectivity index (χ0) is 23.6. The van der Waals surface area contributed by atoms with Crippen LogP contribution in [0.25, 0.3) is 11.1 Å². The minimum Gasteiger partial charge on any atom is -0.481 e. The highest BCUT2D eigenvalue weighted by atomic mass is 32.2. The SMILES string of the molecule is CCc1c(F)ccc(-c2ccnc(OC)c2)c1NC(=O)N=[S@](N)(=O)c1cnn2c1OCCC2. The van der Waals surface area contributed by atoms with E-state index in [1.165, 1.54) is 36.3 Å². The van der Waals surface area contributed by atoms with Crippen molar-refractivity contribution in [1.82, 2.24) is 14.8 Å². The van der Waals surface area contributed by atoms with Gasteiger partial charge in [-0.1, -0.05) is 6.92 Å². The zero-order valence-corrected chi connectivity index (χ0v) is 18.9. The molecule has 0 unspecified atom stereocenters. The molecule has 1 aliphatic rings. The summed E-state index contributed by atoms with van der Waals surface area (Å²) in [6.07, 6.45) is 3.86. The van der Waals surface area contributed by atoms with E-state index in [1.807, 2.05) is 0 Å². The summed E-state index contributed by atoms with van der Waals surface area (Å²) in [6.45, 7) is 2.76. The summed E-state index contributed by atoms with van der Waals surface area (Å²) in [5, 5.41) is 12.6. The molecule has 3 heterocycles. The van der Waals surface area contributed by atoms with Gasteiger partial charge in [0, 0.05) is 36.4 Å². The van der Waals surface area contributed by atoms with Crippen LogP contribution < -0.4 is 19.9 Å². The van der Waals surface area contributed by atoms with Crippen LogP contribution in [0.5, 0.6) is 11.8 Å². The number of anilines is 1. The van der Waals surface area contributed by atoms with Crippen molar-refractivity contribution in [3.8, 4) is 22.9 Å². The standard InChI is InChI=1S/C21H23FN6O4S/c1-3-14-16(22)6-5-15(13-7-8-24-18(11-13)31-2)19(14)26-21(29)27-33(23,30)17-12-25-28-9-4-10-32-20(17)28/h5-8,11-12H,3-4,9-10H2,1-2H3,(H3,23,26,27,29,30)/t33-/m0/s1. The number of methoxy groups -OCH3 is 1. The molecule has 174 valence electrons. The number of halogens is 1. The van der Waals surface area contributed by atoms with Crippen molar-refractivity contribution in [2.45, 2.75) is 31.2 Å². The highest BCUT2D eigenvalue weighted by molar-refractivity contribution is 7.91. The average Bonchev–Trinajstić information content (AvgIpc) is 3.24. The Hall–Kier alpha value is -3.51. The lowest BCUT2D eigenvalue weighted by molar-refractivity contribution is 0.224. The monoisotopic (exact) mass is 474 g/mol. The lowest BCUT2D eigenvalue weighted by Gasteiger charge is -2.17. The van der Waals surface area contributed by atoms with E-state index in [9.17, 15) is 13.4 Å². The maximum absolute atomic E-state index is 14.6. The Morgan fingerprint density at radius 3 is 3.00 bits per heavy atom. The Labute approximate surface area is 190 Å². The lowest BCUT2D eigenvalue weighted by atomic mass is 9.99. The van der Waals surface area contributed by atoms with Gasteiger partial charge in [-0.2, -0.15) is 5.10 Å². The molecule has 3 N–H and O–H groups in total. The Bertz CT molecular complexity index is 1330. The molecule has 2 amide bonds. The highest BCUT2D eigenvalue weighted by Crippen LogP contribution is 2.34. The molecule has 1 atom stereocenters. The van der Waals surface area contributed by atoms with Gasteiger partial charge >= 0.3 is 6.03 Å². The van der Waals surface area contributed by atoms with Crippen molar-refractivity contribution in [2.24, 2.45) is 9.50 Å². The maximum atomic E-state index is 14.6.